The number of aromatic nitrogens is 2. The number of benzene rings is 1. The first-order valence-corrected chi connectivity index (χ1v) is 5.94. The average Bonchev–Trinajstić information content (AvgIpc) is 2.16. The molecule has 2 rings (SSSR count). The van der Waals surface area contributed by atoms with E-state index < -0.39 is 0 Å². The average molecular weight is 280 g/mol. The Labute approximate surface area is 103 Å². The van der Waals surface area contributed by atoms with Gasteiger partial charge in [0.25, 0.3) is 0 Å². The molecule has 1 aromatic carbocycles. The summed E-state index contributed by atoms with van der Waals surface area (Å²) < 4.78 is 1.04. The van der Waals surface area contributed by atoms with Gasteiger partial charge in [0.15, 0.2) is 0 Å². The van der Waals surface area contributed by atoms with E-state index in [4.69, 9.17) is 0 Å². The first-order chi connectivity index (χ1) is 7.44. The molecule has 1 heterocycles. The molecule has 0 atom stereocenters. The molecular weight excluding hydrogens is 266 g/mol. The molecule has 3 nitrogen and oxygen atoms in total. The van der Waals surface area contributed by atoms with Gasteiger partial charge in [0.05, 0.1) is 5.52 Å². The van der Waals surface area contributed by atoms with Crippen molar-refractivity contribution in [1.29, 1.82) is 0 Å². The number of nitrogens with zero attached hydrogens (tertiary/aromatic N) is 2. The number of fused-ring (bicyclic) bond motifs is 1. The molecule has 16 heavy (non-hydrogen) atoms. The van der Waals surface area contributed by atoms with Crippen molar-refractivity contribution in [2.24, 2.45) is 0 Å². The zero-order chi connectivity index (χ0) is 11.8. The van der Waals surface area contributed by atoms with Gasteiger partial charge in [-0.3, -0.25) is 0 Å². The second-order valence-corrected chi connectivity index (χ2v) is 5.69. The van der Waals surface area contributed by atoms with Crippen molar-refractivity contribution in [3.63, 3.8) is 0 Å². The van der Waals surface area contributed by atoms with Crippen molar-refractivity contribution in [2.45, 2.75) is 26.3 Å². The van der Waals surface area contributed by atoms with Gasteiger partial charge in [0.2, 0.25) is 5.95 Å². The first-order valence-electron chi connectivity index (χ1n) is 5.14. The Kier molecular flexibility index (Phi) is 2.84. The van der Waals surface area contributed by atoms with Crippen LogP contribution in [0.2, 0.25) is 0 Å². The van der Waals surface area contributed by atoms with Gasteiger partial charge in [-0.25, -0.2) is 9.97 Å². The molecule has 84 valence electrons. The lowest BCUT2D eigenvalue weighted by Crippen LogP contribution is -2.27. The highest BCUT2D eigenvalue weighted by molar-refractivity contribution is 9.10. The topological polar surface area (TPSA) is 37.8 Å². The van der Waals surface area contributed by atoms with Crippen molar-refractivity contribution in [2.75, 3.05) is 5.32 Å². The number of anilines is 1. The second-order valence-electron chi connectivity index (χ2n) is 4.77. The monoisotopic (exact) mass is 279 g/mol. The molecule has 0 saturated carbocycles. The van der Waals surface area contributed by atoms with Crippen LogP contribution in [0.25, 0.3) is 10.9 Å². The van der Waals surface area contributed by atoms with Crippen LogP contribution in [0, 0.1) is 0 Å². The van der Waals surface area contributed by atoms with Gasteiger partial charge >= 0.3 is 0 Å². The van der Waals surface area contributed by atoms with Crippen molar-refractivity contribution in [1.82, 2.24) is 9.97 Å². The first kappa shape index (κ1) is 11.3. The lowest BCUT2D eigenvalue weighted by atomic mass is 10.1. The maximum atomic E-state index is 4.46. The summed E-state index contributed by atoms with van der Waals surface area (Å²) in [6, 6.07) is 5.97. The summed E-state index contributed by atoms with van der Waals surface area (Å²) in [7, 11) is 0. The molecule has 0 radical (unpaired) electrons. The molecule has 0 aliphatic rings. The largest absolute Gasteiger partial charge is 0.350 e. The minimum Gasteiger partial charge on any atom is -0.350 e. The zero-order valence-electron chi connectivity index (χ0n) is 9.58. The van der Waals surface area contributed by atoms with E-state index in [1.165, 1.54) is 0 Å². The minimum atomic E-state index is -0.0248. The molecule has 0 bridgehead atoms. The smallest absolute Gasteiger partial charge is 0.223 e. The maximum absolute atomic E-state index is 4.46. The van der Waals surface area contributed by atoms with Gasteiger partial charge in [-0.2, -0.15) is 0 Å². The third-order valence-electron chi connectivity index (χ3n) is 2.03. The van der Waals surface area contributed by atoms with Gasteiger partial charge in [-0.15, -0.1) is 0 Å². The lowest BCUT2D eigenvalue weighted by Gasteiger charge is -2.20. The summed E-state index contributed by atoms with van der Waals surface area (Å²) in [4.78, 5) is 8.75. The van der Waals surface area contributed by atoms with Gasteiger partial charge in [0, 0.05) is 21.6 Å². The SMILES string of the molecule is CC(C)(C)Nc1ncc2cc(Br)ccc2n1. The van der Waals surface area contributed by atoms with E-state index in [0.717, 1.165) is 15.4 Å². The van der Waals surface area contributed by atoms with Crippen LogP contribution < -0.4 is 5.32 Å². The Morgan fingerprint density at radius 2 is 2.00 bits per heavy atom. The Balaban J connectivity index is 2.41. The van der Waals surface area contributed by atoms with Gasteiger partial charge in [-0.05, 0) is 39.0 Å². The van der Waals surface area contributed by atoms with Gasteiger partial charge in [-0.1, -0.05) is 15.9 Å². The molecule has 1 N–H and O–H groups in total. The molecule has 4 heteroatoms. The summed E-state index contributed by atoms with van der Waals surface area (Å²) in [6.07, 6.45) is 1.83. The fourth-order valence-electron chi connectivity index (χ4n) is 1.40. The van der Waals surface area contributed by atoms with Crippen LogP contribution in [0.5, 0.6) is 0 Å². The molecule has 1 aromatic heterocycles. The van der Waals surface area contributed by atoms with E-state index in [-0.39, 0.29) is 5.54 Å². The highest BCUT2D eigenvalue weighted by Crippen LogP contribution is 2.19. The van der Waals surface area contributed by atoms with Gasteiger partial charge in [0.1, 0.15) is 0 Å². The van der Waals surface area contributed by atoms with Crippen LogP contribution >= 0.6 is 15.9 Å². The maximum Gasteiger partial charge on any atom is 0.223 e. The number of rotatable bonds is 1. The Morgan fingerprint density at radius 1 is 1.25 bits per heavy atom. The normalized spacial score (nSPS) is 11.8. The molecular formula is C12H14BrN3. The van der Waals surface area contributed by atoms with Gasteiger partial charge < -0.3 is 5.32 Å². The molecule has 2 aromatic rings. The molecule has 0 unspecified atom stereocenters. The predicted octanol–water partition coefficient (Wildman–Crippen LogP) is 3.60. The van der Waals surface area contributed by atoms with Crippen molar-refractivity contribution in [3.8, 4) is 0 Å². The van der Waals surface area contributed by atoms with Crippen LogP contribution in [0.3, 0.4) is 0 Å². The number of halogens is 1. The molecule has 0 aliphatic carbocycles. The molecule has 0 aliphatic heterocycles. The summed E-state index contributed by atoms with van der Waals surface area (Å²) in [5.74, 6) is 0.669. The van der Waals surface area contributed by atoms with Crippen LogP contribution in [-0.4, -0.2) is 15.5 Å². The standard InChI is InChI=1S/C12H14BrN3/c1-12(2,3)16-11-14-7-8-6-9(13)4-5-10(8)15-11/h4-7H,1-3H3,(H,14,15,16). The second kappa shape index (κ2) is 4.01. The van der Waals surface area contributed by atoms with E-state index in [9.17, 15) is 0 Å². The summed E-state index contributed by atoms with van der Waals surface area (Å²) in [5, 5.41) is 4.29. The molecule has 0 fully saturated rings. The summed E-state index contributed by atoms with van der Waals surface area (Å²) in [5.41, 5.74) is 0.924. The van der Waals surface area contributed by atoms with E-state index in [1.807, 2.05) is 24.4 Å². The van der Waals surface area contributed by atoms with Crippen LogP contribution in [0.15, 0.2) is 28.9 Å². The Morgan fingerprint density at radius 3 is 2.69 bits per heavy atom. The Bertz CT molecular complexity index is 517. The van der Waals surface area contributed by atoms with Crippen molar-refractivity contribution < 1.29 is 0 Å². The minimum absolute atomic E-state index is 0.0248. The third kappa shape index (κ3) is 2.70. The predicted molar refractivity (Wildman–Crippen MR) is 70.6 cm³/mol. The number of hydrogen-bond acceptors (Lipinski definition) is 3. The van der Waals surface area contributed by atoms with Crippen molar-refractivity contribution in [3.05, 3.63) is 28.9 Å². The van der Waals surface area contributed by atoms with Crippen molar-refractivity contribution >= 4 is 32.8 Å². The molecule has 0 saturated heterocycles. The van der Waals surface area contributed by atoms with Crippen LogP contribution in [0.1, 0.15) is 20.8 Å². The fourth-order valence-corrected chi connectivity index (χ4v) is 1.78. The fraction of sp³-hybridized carbons (Fsp3) is 0.333. The van der Waals surface area contributed by atoms with E-state index >= 15 is 0 Å². The highest BCUT2D eigenvalue weighted by atomic mass is 79.9. The van der Waals surface area contributed by atoms with Crippen LogP contribution in [0.4, 0.5) is 5.95 Å². The number of hydrogen-bond donors (Lipinski definition) is 1. The van der Waals surface area contributed by atoms with Crippen LogP contribution in [-0.2, 0) is 0 Å². The lowest BCUT2D eigenvalue weighted by molar-refractivity contribution is 0.626. The van der Waals surface area contributed by atoms with E-state index in [1.54, 1.807) is 0 Å². The quantitative estimate of drug-likeness (QED) is 0.867. The highest BCUT2D eigenvalue weighted by Gasteiger charge is 2.11. The summed E-state index contributed by atoms with van der Waals surface area (Å²) in [6.45, 7) is 6.26. The number of nitrogens with one attached hydrogen (secondary N) is 1. The molecule has 0 spiro atoms. The third-order valence-corrected chi connectivity index (χ3v) is 2.52. The molecule has 0 amide bonds. The summed E-state index contributed by atoms with van der Waals surface area (Å²) >= 11 is 3.43. The van der Waals surface area contributed by atoms with E-state index in [0.29, 0.717) is 5.95 Å². The van der Waals surface area contributed by atoms with E-state index in [2.05, 4.69) is 52.0 Å². The zero-order valence-corrected chi connectivity index (χ0v) is 11.2. The Hall–Kier alpha value is -1.16.